The van der Waals surface area contributed by atoms with Crippen LogP contribution in [0.5, 0.6) is 0 Å². The Morgan fingerprint density at radius 1 is 0.625 bits per heavy atom. The molecule has 0 aliphatic heterocycles. The minimum Gasteiger partial charge on any atom is -0.465 e. The molecule has 182 valence electrons. The van der Waals surface area contributed by atoms with Gasteiger partial charge in [-0.15, -0.1) is 0 Å². The Kier molecular flexibility index (Phi) is 8.94. The SMILES string of the molecule is CC(CCOC(=O)C1CCCC2CCCCC21)CCOC(=O)C1CCCC2CCCCC21. The van der Waals surface area contributed by atoms with E-state index in [4.69, 9.17) is 9.47 Å². The maximum absolute atomic E-state index is 12.7. The Balaban J connectivity index is 1.11. The summed E-state index contributed by atoms with van der Waals surface area (Å²) in [5, 5.41) is 0. The Hall–Kier alpha value is -1.06. The predicted octanol–water partition coefficient (Wildman–Crippen LogP) is 6.70. The third-order valence-electron chi connectivity index (χ3n) is 9.46. The van der Waals surface area contributed by atoms with Gasteiger partial charge in [0.2, 0.25) is 0 Å². The molecule has 6 atom stereocenters. The van der Waals surface area contributed by atoms with Gasteiger partial charge in [0.15, 0.2) is 0 Å². The Morgan fingerprint density at radius 3 is 1.50 bits per heavy atom. The first-order valence-corrected chi connectivity index (χ1v) is 14.0. The predicted molar refractivity (Wildman–Crippen MR) is 126 cm³/mol. The van der Waals surface area contributed by atoms with Gasteiger partial charge < -0.3 is 9.47 Å². The van der Waals surface area contributed by atoms with E-state index in [1.165, 1.54) is 77.0 Å². The quantitative estimate of drug-likeness (QED) is 0.389. The number of carbonyl (C=O) groups is 2. The number of carbonyl (C=O) groups excluding carboxylic acids is 2. The smallest absolute Gasteiger partial charge is 0.309 e. The molecule has 4 fully saturated rings. The molecule has 0 bridgehead atoms. The van der Waals surface area contributed by atoms with Crippen molar-refractivity contribution in [3.05, 3.63) is 0 Å². The molecule has 4 rings (SSSR count). The van der Waals surface area contributed by atoms with Crippen molar-refractivity contribution in [3.63, 3.8) is 0 Å². The Morgan fingerprint density at radius 2 is 1.03 bits per heavy atom. The molecule has 6 unspecified atom stereocenters. The monoisotopic (exact) mass is 446 g/mol. The Labute approximate surface area is 195 Å². The van der Waals surface area contributed by atoms with E-state index < -0.39 is 0 Å². The molecular formula is C28H46O4. The lowest BCUT2D eigenvalue weighted by molar-refractivity contribution is -0.154. The lowest BCUT2D eigenvalue weighted by atomic mass is 9.65. The number of fused-ring (bicyclic) bond motifs is 2. The van der Waals surface area contributed by atoms with Crippen molar-refractivity contribution >= 4 is 11.9 Å². The molecule has 0 aromatic carbocycles. The van der Waals surface area contributed by atoms with Crippen molar-refractivity contribution in [3.8, 4) is 0 Å². The highest BCUT2D eigenvalue weighted by Gasteiger charge is 2.40. The summed E-state index contributed by atoms with van der Waals surface area (Å²) >= 11 is 0. The van der Waals surface area contributed by atoms with Crippen LogP contribution in [-0.4, -0.2) is 25.2 Å². The first-order valence-electron chi connectivity index (χ1n) is 14.0. The fourth-order valence-corrected chi connectivity index (χ4v) is 7.54. The van der Waals surface area contributed by atoms with Crippen molar-refractivity contribution < 1.29 is 19.1 Å². The summed E-state index contributed by atoms with van der Waals surface area (Å²) in [4.78, 5) is 25.5. The molecule has 0 amide bonds. The fraction of sp³-hybridized carbons (Fsp3) is 0.929. The minimum absolute atomic E-state index is 0.0552. The van der Waals surface area contributed by atoms with Gasteiger partial charge in [-0.25, -0.2) is 0 Å². The number of hydrogen-bond donors (Lipinski definition) is 0. The van der Waals surface area contributed by atoms with E-state index in [9.17, 15) is 9.59 Å². The van der Waals surface area contributed by atoms with E-state index in [1.807, 2.05) is 0 Å². The summed E-state index contributed by atoms with van der Waals surface area (Å²) < 4.78 is 11.5. The van der Waals surface area contributed by atoms with Gasteiger partial charge in [-0.2, -0.15) is 0 Å². The van der Waals surface area contributed by atoms with Crippen molar-refractivity contribution in [2.45, 2.75) is 110 Å². The molecule has 0 heterocycles. The third-order valence-corrected chi connectivity index (χ3v) is 9.46. The first kappa shape index (κ1) is 24.1. The van der Waals surface area contributed by atoms with Crippen molar-refractivity contribution in [1.29, 1.82) is 0 Å². The highest BCUT2D eigenvalue weighted by atomic mass is 16.5. The summed E-state index contributed by atoms with van der Waals surface area (Å²) in [7, 11) is 0. The average Bonchev–Trinajstić information content (AvgIpc) is 2.83. The zero-order valence-corrected chi connectivity index (χ0v) is 20.4. The summed E-state index contributed by atoms with van der Waals surface area (Å²) in [5.74, 6) is 3.47. The van der Waals surface area contributed by atoms with Crippen molar-refractivity contribution in [2.24, 2.45) is 41.4 Å². The molecular weight excluding hydrogens is 400 g/mol. The maximum atomic E-state index is 12.7. The summed E-state index contributed by atoms with van der Waals surface area (Å²) in [6, 6.07) is 0. The molecule has 4 heteroatoms. The molecule has 4 aliphatic carbocycles. The topological polar surface area (TPSA) is 52.6 Å². The number of esters is 2. The zero-order valence-electron chi connectivity index (χ0n) is 20.4. The molecule has 4 aliphatic rings. The highest BCUT2D eigenvalue weighted by molar-refractivity contribution is 5.73. The molecule has 32 heavy (non-hydrogen) atoms. The zero-order chi connectivity index (χ0) is 22.3. The average molecular weight is 447 g/mol. The van der Waals surface area contributed by atoms with Crippen LogP contribution in [0, 0.1) is 41.4 Å². The molecule has 0 radical (unpaired) electrons. The second-order valence-corrected chi connectivity index (χ2v) is 11.5. The van der Waals surface area contributed by atoms with Gasteiger partial charge in [0.25, 0.3) is 0 Å². The first-order chi connectivity index (χ1) is 15.6. The van der Waals surface area contributed by atoms with Gasteiger partial charge >= 0.3 is 11.9 Å². The van der Waals surface area contributed by atoms with E-state index in [0.29, 0.717) is 31.0 Å². The molecule has 0 spiro atoms. The van der Waals surface area contributed by atoms with Crippen LogP contribution in [0.1, 0.15) is 110 Å². The lowest BCUT2D eigenvalue weighted by Gasteiger charge is -2.40. The van der Waals surface area contributed by atoms with E-state index >= 15 is 0 Å². The highest BCUT2D eigenvalue weighted by Crippen LogP contribution is 2.45. The lowest BCUT2D eigenvalue weighted by Crippen LogP contribution is -2.36. The third kappa shape index (κ3) is 6.08. The van der Waals surface area contributed by atoms with Crippen LogP contribution in [0.2, 0.25) is 0 Å². The van der Waals surface area contributed by atoms with Gasteiger partial charge in [0.1, 0.15) is 0 Å². The van der Waals surface area contributed by atoms with E-state index in [2.05, 4.69) is 6.92 Å². The van der Waals surface area contributed by atoms with E-state index in [1.54, 1.807) is 0 Å². The van der Waals surface area contributed by atoms with Crippen LogP contribution in [0.3, 0.4) is 0 Å². The van der Waals surface area contributed by atoms with Gasteiger partial charge in [-0.1, -0.05) is 71.1 Å². The van der Waals surface area contributed by atoms with Crippen LogP contribution < -0.4 is 0 Å². The molecule has 0 aromatic rings. The van der Waals surface area contributed by atoms with Crippen LogP contribution in [0.4, 0.5) is 0 Å². The second-order valence-electron chi connectivity index (χ2n) is 11.5. The number of ether oxygens (including phenoxy) is 2. The van der Waals surface area contributed by atoms with Crippen LogP contribution in [0.15, 0.2) is 0 Å². The van der Waals surface area contributed by atoms with Gasteiger partial charge in [0.05, 0.1) is 25.0 Å². The van der Waals surface area contributed by atoms with Crippen molar-refractivity contribution in [2.75, 3.05) is 13.2 Å². The second kappa shape index (κ2) is 11.9. The molecule has 4 saturated carbocycles. The molecule has 4 nitrogen and oxygen atoms in total. The van der Waals surface area contributed by atoms with Crippen LogP contribution >= 0.6 is 0 Å². The van der Waals surface area contributed by atoms with Crippen LogP contribution in [0.25, 0.3) is 0 Å². The normalized spacial score (nSPS) is 35.8. The maximum Gasteiger partial charge on any atom is 0.309 e. The fourth-order valence-electron chi connectivity index (χ4n) is 7.54. The van der Waals surface area contributed by atoms with E-state index in [-0.39, 0.29) is 23.8 Å². The Bertz CT molecular complexity index is 561. The minimum atomic E-state index is 0.0552. The molecule has 0 aromatic heterocycles. The number of rotatable bonds is 8. The van der Waals surface area contributed by atoms with E-state index in [0.717, 1.165) is 37.5 Å². The molecule has 0 N–H and O–H groups in total. The van der Waals surface area contributed by atoms with Crippen LogP contribution in [-0.2, 0) is 19.1 Å². The number of hydrogen-bond acceptors (Lipinski definition) is 4. The summed E-state index contributed by atoms with van der Waals surface area (Å²) in [6.45, 7) is 3.19. The van der Waals surface area contributed by atoms with Gasteiger partial charge in [-0.05, 0) is 68.1 Å². The molecule has 0 saturated heterocycles. The van der Waals surface area contributed by atoms with Gasteiger partial charge in [0, 0.05) is 0 Å². The van der Waals surface area contributed by atoms with Crippen molar-refractivity contribution in [1.82, 2.24) is 0 Å². The largest absolute Gasteiger partial charge is 0.465 e. The standard InChI is InChI=1S/C28H46O4/c1-20(16-18-31-27(29)25-14-6-10-21-8-2-4-12-23(21)25)17-19-32-28(30)26-15-7-11-22-9-3-5-13-24(22)26/h20-26H,2-19H2,1H3. The summed E-state index contributed by atoms with van der Waals surface area (Å²) in [5.41, 5.74) is 0. The van der Waals surface area contributed by atoms with Gasteiger partial charge in [-0.3, -0.25) is 9.59 Å². The summed E-state index contributed by atoms with van der Waals surface area (Å²) in [6.07, 6.45) is 19.1.